The van der Waals surface area contributed by atoms with Crippen molar-refractivity contribution in [2.75, 3.05) is 26.3 Å². The normalized spacial score (nSPS) is 28.8. The number of ether oxygens (including phenoxy) is 1. The molecule has 1 saturated heterocycles. The Labute approximate surface area is 144 Å². The second kappa shape index (κ2) is 7.26. The minimum absolute atomic E-state index is 0.311. The van der Waals surface area contributed by atoms with Crippen LogP contribution in [0.15, 0.2) is 0 Å². The third kappa shape index (κ3) is 4.01. The second-order valence-corrected chi connectivity index (χ2v) is 14.7. The molecule has 23 heavy (non-hydrogen) atoms. The van der Waals surface area contributed by atoms with Gasteiger partial charge in [-0.3, -0.25) is 4.79 Å². The van der Waals surface area contributed by atoms with E-state index in [4.69, 9.17) is 4.74 Å². The van der Waals surface area contributed by atoms with Gasteiger partial charge in [-0.25, -0.2) is 0 Å². The average molecular weight is 340 g/mol. The van der Waals surface area contributed by atoms with Crippen molar-refractivity contribution < 1.29 is 9.53 Å². The average Bonchev–Trinajstić information content (AvgIpc) is 3.21. The van der Waals surface area contributed by atoms with Crippen molar-refractivity contribution in [2.24, 2.45) is 11.8 Å². The molecule has 0 aromatic carbocycles. The quantitative estimate of drug-likeness (QED) is 0.525. The number of carbonyl (C=O) groups is 1. The van der Waals surface area contributed by atoms with Crippen molar-refractivity contribution in [3.8, 4) is 0 Å². The van der Waals surface area contributed by atoms with Gasteiger partial charge in [-0.2, -0.15) is 0 Å². The summed E-state index contributed by atoms with van der Waals surface area (Å²) in [5, 5.41) is 0.362. The maximum Gasteiger partial charge on any atom is 0.226 e. The fourth-order valence-electron chi connectivity index (χ4n) is 4.18. The Kier molecular flexibility index (Phi) is 5.99. The number of hydrogen-bond donors (Lipinski definition) is 0. The molecule has 0 bridgehead atoms. The molecule has 0 aromatic rings. The Morgan fingerprint density at radius 1 is 1.17 bits per heavy atom. The first-order valence-corrected chi connectivity index (χ1v) is 12.7. The molecule has 0 aromatic heterocycles. The lowest BCUT2D eigenvalue weighted by Gasteiger charge is -2.38. The number of rotatable bonds is 6. The van der Waals surface area contributed by atoms with Crippen molar-refractivity contribution in [3.63, 3.8) is 0 Å². The summed E-state index contributed by atoms with van der Waals surface area (Å²) in [7, 11) is -1.46. The van der Waals surface area contributed by atoms with Crippen molar-refractivity contribution in [3.05, 3.63) is 0 Å². The fraction of sp³-hybridized carbons (Fsp3) is 0.947. The molecule has 0 N–H and O–H groups in total. The smallest absolute Gasteiger partial charge is 0.226 e. The van der Waals surface area contributed by atoms with Gasteiger partial charge in [-0.05, 0) is 22.9 Å². The Hall–Kier alpha value is -0.353. The standard InChI is InChI=1S/C19H37NO2Si/c1-7-8-9-10-15-16(17(15)23(5,6)19(2,3)4)18(21)20-11-13-22-14-12-20/h15-17H,7-14H2,1-6H3/t15-,16-,17+/m1/s1. The highest BCUT2D eigenvalue weighted by molar-refractivity contribution is 6.82. The molecular formula is C19H37NO2Si. The molecule has 0 unspecified atom stereocenters. The van der Waals surface area contributed by atoms with E-state index in [1.54, 1.807) is 0 Å². The summed E-state index contributed by atoms with van der Waals surface area (Å²) in [6.45, 7) is 17.4. The monoisotopic (exact) mass is 339 g/mol. The van der Waals surface area contributed by atoms with Crippen molar-refractivity contribution in [1.82, 2.24) is 4.90 Å². The topological polar surface area (TPSA) is 29.5 Å². The van der Waals surface area contributed by atoms with Gasteiger partial charge in [0.2, 0.25) is 5.91 Å². The third-order valence-corrected chi connectivity index (χ3v) is 13.0. The predicted molar refractivity (Wildman–Crippen MR) is 99.5 cm³/mol. The largest absolute Gasteiger partial charge is 0.378 e. The van der Waals surface area contributed by atoms with Crippen LogP contribution in [0, 0.1) is 11.8 Å². The fourth-order valence-corrected chi connectivity index (χ4v) is 7.80. The summed E-state index contributed by atoms with van der Waals surface area (Å²) >= 11 is 0. The van der Waals surface area contributed by atoms with E-state index in [1.165, 1.54) is 25.7 Å². The SMILES string of the molecule is CCCCC[C@@H]1[C@@H](C(=O)N2CCOCC2)[C@H]1[Si](C)(C)C(C)(C)C. The Morgan fingerprint density at radius 2 is 1.78 bits per heavy atom. The van der Waals surface area contributed by atoms with Gasteiger partial charge >= 0.3 is 0 Å². The summed E-state index contributed by atoms with van der Waals surface area (Å²) in [5.41, 5.74) is 0.676. The van der Waals surface area contributed by atoms with E-state index in [-0.39, 0.29) is 0 Å². The highest BCUT2D eigenvalue weighted by Gasteiger charge is 2.64. The molecule has 1 aliphatic heterocycles. The lowest BCUT2D eigenvalue weighted by atomic mass is 10.1. The highest BCUT2D eigenvalue weighted by Crippen LogP contribution is 2.65. The molecule has 1 heterocycles. The molecule has 2 fully saturated rings. The van der Waals surface area contributed by atoms with Crippen LogP contribution in [0.1, 0.15) is 53.4 Å². The molecule has 2 aliphatic rings. The Balaban J connectivity index is 2.09. The van der Waals surface area contributed by atoms with Gasteiger partial charge in [-0.1, -0.05) is 60.1 Å². The van der Waals surface area contributed by atoms with Crippen LogP contribution in [-0.4, -0.2) is 45.2 Å². The van der Waals surface area contributed by atoms with Crippen LogP contribution in [0.2, 0.25) is 23.7 Å². The van der Waals surface area contributed by atoms with E-state index < -0.39 is 8.07 Å². The van der Waals surface area contributed by atoms with E-state index >= 15 is 0 Å². The van der Waals surface area contributed by atoms with Crippen LogP contribution in [-0.2, 0) is 9.53 Å². The molecule has 0 spiro atoms. The molecule has 3 atom stereocenters. The zero-order valence-electron chi connectivity index (χ0n) is 16.2. The summed E-state index contributed by atoms with van der Waals surface area (Å²) < 4.78 is 5.42. The summed E-state index contributed by atoms with van der Waals surface area (Å²) in [4.78, 5) is 15.2. The molecule has 2 rings (SSSR count). The van der Waals surface area contributed by atoms with Crippen molar-refractivity contribution in [1.29, 1.82) is 0 Å². The summed E-state index contributed by atoms with van der Waals surface area (Å²) in [6.07, 6.45) is 5.11. The van der Waals surface area contributed by atoms with E-state index in [2.05, 4.69) is 45.7 Å². The zero-order valence-corrected chi connectivity index (χ0v) is 17.2. The minimum atomic E-state index is -1.46. The molecule has 1 aliphatic carbocycles. The van der Waals surface area contributed by atoms with Gasteiger partial charge in [0.1, 0.15) is 0 Å². The zero-order chi connectivity index (χ0) is 17.3. The number of morpholine rings is 1. The van der Waals surface area contributed by atoms with Crippen LogP contribution in [0.25, 0.3) is 0 Å². The van der Waals surface area contributed by atoms with Gasteiger partial charge in [-0.15, -0.1) is 0 Å². The molecular weight excluding hydrogens is 302 g/mol. The molecule has 1 saturated carbocycles. The number of amides is 1. The van der Waals surface area contributed by atoms with Gasteiger partial charge < -0.3 is 9.64 Å². The lowest BCUT2D eigenvalue weighted by molar-refractivity contribution is -0.137. The molecule has 3 nitrogen and oxygen atoms in total. The van der Waals surface area contributed by atoms with E-state index in [0.717, 1.165) is 13.1 Å². The van der Waals surface area contributed by atoms with Crippen LogP contribution in [0.5, 0.6) is 0 Å². The van der Waals surface area contributed by atoms with Crippen molar-refractivity contribution in [2.45, 2.75) is 77.1 Å². The third-order valence-electron chi connectivity index (χ3n) is 6.68. The maximum absolute atomic E-state index is 13.1. The Bertz CT molecular complexity index is 410. The summed E-state index contributed by atoms with van der Waals surface area (Å²) in [6, 6.07) is 0. The molecule has 0 radical (unpaired) electrons. The van der Waals surface area contributed by atoms with E-state index in [1.807, 2.05) is 0 Å². The van der Waals surface area contributed by atoms with E-state index in [0.29, 0.717) is 41.5 Å². The van der Waals surface area contributed by atoms with Gasteiger partial charge in [0.25, 0.3) is 0 Å². The number of nitrogens with zero attached hydrogens (tertiary/aromatic N) is 1. The summed E-state index contributed by atoms with van der Waals surface area (Å²) in [5.74, 6) is 1.40. The lowest BCUT2D eigenvalue weighted by Crippen LogP contribution is -2.43. The predicted octanol–water partition coefficient (Wildman–Crippen LogP) is 4.55. The van der Waals surface area contributed by atoms with Crippen LogP contribution < -0.4 is 0 Å². The van der Waals surface area contributed by atoms with E-state index in [9.17, 15) is 4.79 Å². The van der Waals surface area contributed by atoms with Crippen molar-refractivity contribution >= 4 is 14.0 Å². The Morgan fingerprint density at radius 3 is 2.30 bits per heavy atom. The van der Waals surface area contributed by atoms with Gasteiger partial charge in [0.15, 0.2) is 0 Å². The molecule has 4 heteroatoms. The molecule has 134 valence electrons. The van der Waals surface area contributed by atoms with Crippen LogP contribution in [0.4, 0.5) is 0 Å². The first-order valence-electron chi connectivity index (χ1n) is 9.58. The second-order valence-electron chi connectivity index (χ2n) is 9.12. The van der Waals surface area contributed by atoms with Crippen LogP contribution in [0.3, 0.4) is 0 Å². The first-order chi connectivity index (χ1) is 10.7. The first kappa shape index (κ1) is 19.0. The number of hydrogen-bond acceptors (Lipinski definition) is 2. The maximum atomic E-state index is 13.1. The van der Waals surface area contributed by atoms with Crippen LogP contribution >= 0.6 is 0 Å². The van der Waals surface area contributed by atoms with Gasteiger partial charge in [0, 0.05) is 19.0 Å². The highest BCUT2D eigenvalue weighted by atomic mass is 28.3. The van der Waals surface area contributed by atoms with Gasteiger partial charge in [0.05, 0.1) is 21.3 Å². The minimum Gasteiger partial charge on any atom is -0.378 e. The number of unbranched alkanes of at least 4 members (excludes halogenated alkanes) is 2. The number of carbonyl (C=O) groups excluding carboxylic acids is 1. The molecule has 1 amide bonds.